The first kappa shape index (κ1) is 19.4. The first-order valence-electron chi connectivity index (χ1n) is 10.5. The van der Waals surface area contributed by atoms with Crippen LogP contribution in [0.4, 0.5) is 0 Å². The predicted molar refractivity (Wildman–Crippen MR) is 107 cm³/mol. The molecule has 6 heteroatoms. The predicted octanol–water partition coefficient (Wildman–Crippen LogP) is 1.76. The van der Waals surface area contributed by atoms with E-state index in [-0.39, 0.29) is 11.8 Å². The van der Waals surface area contributed by atoms with Crippen molar-refractivity contribution in [2.45, 2.75) is 26.3 Å². The Morgan fingerprint density at radius 2 is 1.79 bits per heavy atom. The summed E-state index contributed by atoms with van der Waals surface area (Å²) in [6, 6.07) is 10.2. The van der Waals surface area contributed by atoms with Gasteiger partial charge in [0.1, 0.15) is 5.41 Å². The van der Waals surface area contributed by atoms with Crippen molar-refractivity contribution in [1.29, 1.82) is 0 Å². The molecule has 0 radical (unpaired) electrons. The lowest BCUT2D eigenvalue weighted by Gasteiger charge is -2.31. The van der Waals surface area contributed by atoms with Crippen LogP contribution in [0.2, 0.25) is 0 Å². The first-order valence-corrected chi connectivity index (χ1v) is 10.5. The highest BCUT2D eigenvalue weighted by Gasteiger charge is 2.58. The molecular weight excluding hydrogens is 354 g/mol. The van der Waals surface area contributed by atoms with E-state index in [0.717, 1.165) is 44.9 Å². The van der Waals surface area contributed by atoms with Crippen LogP contribution < -0.4 is 0 Å². The third kappa shape index (κ3) is 3.80. The minimum atomic E-state index is -0.819. The third-order valence-corrected chi connectivity index (χ3v) is 6.94. The largest absolute Gasteiger partial charge is 0.481 e. The average Bonchev–Trinajstić information content (AvgIpc) is 3.19. The Morgan fingerprint density at radius 1 is 1.07 bits per heavy atom. The number of hydrogen-bond donors (Lipinski definition) is 1. The second-order valence-electron chi connectivity index (χ2n) is 9.05. The van der Waals surface area contributed by atoms with Crippen molar-refractivity contribution < 1.29 is 14.7 Å². The van der Waals surface area contributed by atoms with Crippen molar-refractivity contribution in [3.63, 3.8) is 0 Å². The molecule has 1 aromatic carbocycles. The van der Waals surface area contributed by atoms with Crippen LogP contribution in [0.15, 0.2) is 30.3 Å². The summed E-state index contributed by atoms with van der Waals surface area (Å²) in [6.07, 6.45) is 2.28. The van der Waals surface area contributed by atoms with Crippen molar-refractivity contribution in [3.05, 3.63) is 35.9 Å². The Morgan fingerprint density at radius 3 is 2.43 bits per heavy atom. The second-order valence-corrected chi connectivity index (χ2v) is 9.05. The number of nitrogens with zero attached hydrogens (tertiary/aromatic N) is 3. The number of piperidine rings is 1. The normalized spacial score (nSPS) is 29.2. The van der Waals surface area contributed by atoms with Gasteiger partial charge < -0.3 is 10.0 Å². The number of fused-ring (bicyclic) bond motifs is 1. The van der Waals surface area contributed by atoms with Crippen molar-refractivity contribution in [1.82, 2.24) is 14.7 Å². The maximum Gasteiger partial charge on any atom is 0.313 e. The maximum atomic E-state index is 12.8. The summed E-state index contributed by atoms with van der Waals surface area (Å²) in [5, 5.41) is 10.0. The van der Waals surface area contributed by atoms with Gasteiger partial charge in [-0.05, 0) is 37.4 Å². The number of carboxylic acids is 1. The van der Waals surface area contributed by atoms with Crippen LogP contribution in [0.5, 0.6) is 0 Å². The molecule has 2 atom stereocenters. The van der Waals surface area contributed by atoms with E-state index in [0.29, 0.717) is 26.2 Å². The van der Waals surface area contributed by atoms with Gasteiger partial charge in [0.2, 0.25) is 5.91 Å². The van der Waals surface area contributed by atoms with E-state index in [1.165, 1.54) is 5.56 Å². The first-order chi connectivity index (χ1) is 13.5. The molecular formula is C22H31N3O3. The van der Waals surface area contributed by atoms with Gasteiger partial charge in [0.15, 0.2) is 0 Å². The average molecular weight is 386 g/mol. The van der Waals surface area contributed by atoms with Crippen molar-refractivity contribution >= 4 is 11.9 Å². The van der Waals surface area contributed by atoms with Crippen LogP contribution in [0.1, 0.15) is 25.3 Å². The summed E-state index contributed by atoms with van der Waals surface area (Å²) in [5.41, 5.74) is 0.385. The topological polar surface area (TPSA) is 64.1 Å². The minimum Gasteiger partial charge on any atom is -0.481 e. The Kier molecular flexibility index (Phi) is 5.43. The molecule has 1 N–H and O–H groups in total. The lowest BCUT2D eigenvalue weighted by Crippen LogP contribution is -2.45. The highest BCUT2D eigenvalue weighted by atomic mass is 16.4. The number of amides is 1. The number of rotatable bonds is 5. The molecule has 0 spiro atoms. The Bertz CT molecular complexity index is 717. The number of likely N-dealkylation sites (tertiary alicyclic amines) is 3. The highest BCUT2D eigenvalue weighted by molar-refractivity contribution is 5.82. The van der Waals surface area contributed by atoms with Gasteiger partial charge in [-0.3, -0.25) is 19.4 Å². The monoisotopic (exact) mass is 385 g/mol. The second kappa shape index (κ2) is 7.84. The molecule has 3 heterocycles. The molecule has 3 fully saturated rings. The molecule has 152 valence electrons. The van der Waals surface area contributed by atoms with Crippen LogP contribution in [-0.4, -0.2) is 77.5 Å². The molecule has 1 amide bonds. The van der Waals surface area contributed by atoms with Crippen molar-refractivity contribution in [2.24, 2.45) is 17.3 Å². The van der Waals surface area contributed by atoms with Crippen molar-refractivity contribution in [3.8, 4) is 0 Å². The number of carbonyl (C=O) groups excluding carboxylic acids is 1. The van der Waals surface area contributed by atoms with E-state index in [9.17, 15) is 14.7 Å². The maximum absolute atomic E-state index is 12.8. The molecule has 4 rings (SSSR count). The molecule has 0 aliphatic carbocycles. The Hall–Kier alpha value is -1.92. The number of benzene rings is 1. The fraction of sp³-hybridized carbons (Fsp3) is 0.636. The minimum absolute atomic E-state index is 0.0130. The zero-order valence-electron chi connectivity index (χ0n) is 16.7. The standard InChI is InChI=1S/C22H31N3O3/c1-17-7-9-23(10-8-17)14-20(26)25-13-19-12-24(11-18-5-3-2-4-6-18)15-22(19,16-25)21(27)28/h2-6,17,19H,7-16H2,1H3,(H,27,28)/t19-,22-/m0/s1. The van der Waals surface area contributed by atoms with Crippen LogP contribution >= 0.6 is 0 Å². The van der Waals surface area contributed by atoms with E-state index in [2.05, 4.69) is 28.9 Å². The summed E-state index contributed by atoms with van der Waals surface area (Å²) in [4.78, 5) is 31.3. The van der Waals surface area contributed by atoms with Gasteiger partial charge in [0.05, 0.1) is 6.54 Å². The lowest BCUT2D eigenvalue weighted by atomic mass is 9.81. The Labute approximate surface area is 167 Å². The van der Waals surface area contributed by atoms with Gasteiger partial charge >= 0.3 is 5.97 Å². The molecule has 0 aromatic heterocycles. The highest BCUT2D eigenvalue weighted by Crippen LogP contribution is 2.43. The number of carboxylic acid groups (broad SMARTS) is 1. The SMILES string of the molecule is CC1CCN(CC(=O)N2C[C@@H]3CN(Cc4ccccc4)C[C@]3(C(=O)O)C2)CC1. The van der Waals surface area contributed by atoms with Gasteiger partial charge in [0, 0.05) is 38.6 Å². The van der Waals surface area contributed by atoms with E-state index < -0.39 is 11.4 Å². The van der Waals surface area contributed by atoms with Crippen LogP contribution in [0.25, 0.3) is 0 Å². The summed E-state index contributed by atoms with van der Waals surface area (Å²) in [5.74, 6) is 0.0942. The molecule has 1 aromatic rings. The third-order valence-electron chi connectivity index (χ3n) is 6.94. The number of hydrogen-bond acceptors (Lipinski definition) is 4. The summed E-state index contributed by atoms with van der Waals surface area (Å²) in [7, 11) is 0. The fourth-order valence-corrected chi connectivity index (χ4v) is 5.14. The quantitative estimate of drug-likeness (QED) is 0.837. The number of aliphatic carboxylic acids is 1. The van der Waals surface area contributed by atoms with Gasteiger partial charge in [-0.25, -0.2) is 0 Å². The zero-order valence-corrected chi connectivity index (χ0v) is 16.7. The summed E-state index contributed by atoms with van der Waals surface area (Å²) in [6.45, 7) is 7.59. The van der Waals surface area contributed by atoms with E-state index in [1.54, 1.807) is 0 Å². The van der Waals surface area contributed by atoms with Crippen LogP contribution in [0, 0.1) is 17.3 Å². The summed E-state index contributed by atoms with van der Waals surface area (Å²) < 4.78 is 0. The lowest BCUT2D eigenvalue weighted by molar-refractivity contribution is -0.149. The van der Waals surface area contributed by atoms with Gasteiger partial charge in [0.25, 0.3) is 0 Å². The molecule has 3 aliphatic heterocycles. The molecule has 28 heavy (non-hydrogen) atoms. The van der Waals surface area contributed by atoms with Gasteiger partial charge in [-0.1, -0.05) is 37.3 Å². The molecule has 0 saturated carbocycles. The number of carbonyl (C=O) groups is 2. The Balaban J connectivity index is 1.38. The van der Waals surface area contributed by atoms with Gasteiger partial charge in [-0.15, -0.1) is 0 Å². The molecule has 3 saturated heterocycles. The summed E-state index contributed by atoms with van der Waals surface area (Å²) >= 11 is 0. The zero-order chi connectivity index (χ0) is 19.7. The van der Waals surface area contributed by atoms with Crippen LogP contribution in [0.3, 0.4) is 0 Å². The molecule has 0 unspecified atom stereocenters. The van der Waals surface area contributed by atoms with E-state index in [1.807, 2.05) is 23.1 Å². The molecule has 6 nitrogen and oxygen atoms in total. The van der Waals surface area contributed by atoms with Crippen LogP contribution in [-0.2, 0) is 16.1 Å². The van der Waals surface area contributed by atoms with Gasteiger partial charge in [-0.2, -0.15) is 0 Å². The molecule has 3 aliphatic rings. The van der Waals surface area contributed by atoms with E-state index in [4.69, 9.17) is 0 Å². The fourth-order valence-electron chi connectivity index (χ4n) is 5.14. The smallest absolute Gasteiger partial charge is 0.313 e. The van der Waals surface area contributed by atoms with E-state index >= 15 is 0 Å². The molecule has 0 bridgehead atoms. The van der Waals surface area contributed by atoms with Crippen molar-refractivity contribution in [2.75, 3.05) is 45.8 Å².